The molecule has 5 heteroatoms. The maximum atomic E-state index is 14.0. The first-order valence-electron chi connectivity index (χ1n) is 6.43. The Kier molecular flexibility index (Phi) is 2.97. The number of carbonyl (C=O) groups is 1. The summed E-state index contributed by atoms with van der Waals surface area (Å²) in [4.78, 5) is 15.4. The minimum absolute atomic E-state index is 0.164. The molecule has 0 aliphatic carbocycles. The zero-order valence-corrected chi connectivity index (χ0v) is 11.6. The van der Waals surface area contributed by atoms with Crippen LogP contribution < -0.4 is 0 Å². The third kappa shape index (κ3) is 2.16. The lowest BCUT2D eigenvalue weighted by Gasteiger charge is -2.05. The average molecular weight is 284 g/mol. The summed E-state index contributed by atoms with van der Waals surface area (Å²) >= 11 is 0. The van der Waals surface area contributed by atoms with Crippen LogP contribution in [-0.2, 0) is 7.05 Å². The highest BCUT2D eigenvalue weighted by Gasteiger charge is 2.15. The minimum atomic E-state index is -1.01. The molecular formula is C16H13FN2O2. The van der Waals surface area contributed by atoms with Crippen LogP contribution in [0.1, 0.15) is 15.9 Å². The Morgan fingerprint density at radius 3 is 2.71 bits per heavy atom. The molecule has 1 heterocycles. The van der Waals surface area contributed by atoms with Gasteiger partial charge in [0.2, 0.25) is 0 Å². The zero-order chi connectivity index (χ0) is 15.1. The molecule has 0 bridgehead atoms. The van der Waals surface area contributed by atoms with Gasteiger partial charge in [0.1, 0.15) is 11.6 Å². The quantitative estimate of drug-likeness (QED) is 0.784. The summed E-state index contributed by atoms with van der Waals surface area (Å²) in [5.41, 5.74) is 2.80. The van der Waals surface area contributed by atoms with Gasteiger partial charge in [0, 0.05) is 7.05 Å². The fraction of sp³-hybridized carbons (Fsp3) is 0.125. The Bertz CT molecular complexity index is 868. The van der Waals surface area contributed by atoms with Crippen molar-refractivity contribution in [3.63, 3.8) is 0 Å². The Morgan fingerprint density at radius 2 is 2.00 bits per heavy atom. The van der Waals surface area contributed by atoms with Gasteiger partial charge >= 0.3 is 5.97 Å². The number of carboxylic acids is 1. The van der Waals surface area contributed by atoms with Gasteiger partial charge in [-0.1, -0.05) is 11.6 Å². The number of carboxylic acid groups (broad SMARTS) is 1. The van der Waals surface area contributed by atoms with Gasteiger partial charge in [-0.2, -0.15) is 0 Å². The normalized spacial score (nSPS) is 11.0. The van der Waals surface area contributed by atoms with E-state index in [1.165, 1.54) is 18.2 Å². The Labute approximate surface area is 120 Å². The molecule has 0 radical (unpaired) electrons. The largest absolute Gasteiger partial charge is 0.478 e. The lowest BCUT2D eigenvalue weighted by Crippen LogP contribution is -1.96. The Morgan fingerprint density at radius 1 is 1.24 bits per heavy atom. The fourth-order valence-corrected chi connectivity index (χ4v) is 2.38. The van der Waals surface area contributed by atoms with Crippen LogP contribution >= 0.6 is 0 Å². The van der Waals surface area contributed by atoms with Gasteiger partial charge in [0.25, 0.3) is 0 Å². The molecule has 0 amide bonds. The minimum Gasteiger partial charge on any atom is -0.478 e. The van der Waals surface area contributed by atoms with Gasteiger partial charge < -0.3 is 9.67 Å². The van der Waals surface area contributed by atoms with Gasteiger partial charge in [-0.3, -0.25) is 0 Å². The zero-order valence-electron chi connectivity index (χ0n) is 11.6. The van der Waals surface area contributed by atoms with E-state index in [1.807, 2.05) is 6.92 Å². The predicted octanol–water partition coefficient (Wildman–Crippen LogP) is 3.39. The van der Waals surface area contributed by atoms with Crippen molar-refractivity contribution in [2.75, 3.05) is 0 Å². The van der Waals surface area contributed by atoms with Crippen molar-refractivity contribution in [2.45, 2.75) is 6.92 Å². The van der Waals surface area contributed by atoms with Crippen LogP contribution in [0.25, 0.3) is 22.4 Å². The molecule has 0 fully saturated rings. The predicted molar refractivity (Wildman–Crippen MR) is 77.8 cm³/mol. The third-order valence-electron chi connectivity index (χ3n) is 3.49. The Hall–Kier alpha value is -2.69. The summed E-state index contributed by atoms with van der Waals surface area (Å²) in [7, 11) is 1.78. The maximum Gasteiger partial charge on any atom is 0.335 e. The molecule has 4 nitrogen and oxygen atoms in total. The van der Waals surface area contributed by atoms with Crippen LogP contribution in [0.4, 0.5) is 4.39 Å². The van der Waals surface area contributed by atoms with E-state index in [4.69, 9.17) is 5.11 Å². The molecule has 1 aromatic heterocycles. The number of rotatable bonds is 2. The van der Waals surface area contributed by atoms with Crippen molar-refractivity contribution in [2.24, 2.45) is 7.05 Å². The van der Waals surface area contributed by atoms with Crippen LogP contribution in [0.3, 0.4) is 0 Å². The van der Waals surface area contributed by atoms with E-state index in [9.17, 15) is 9.18 Å². The second-order valence-electron chi connectivity index (χ2n) is 4.99. The van der Waals surface area contributed by atoms with Crippen LogP contribution in [-0.4, -0.2) is 20.6 Å². The lowest BCUT2D eigenvalue weighted by molar-refractivity contribution is 0.0697. The highest BCUT2D eigenvalue weighted by molar-refractivity contribution is 5.93. The van der Waals surface area contributed by atoms with Crippen LogP contribution in [0.5, 0.6) is 0 Å². The second kappa shape index (κ2) is 4.70. The number of benzene rings is 2. The smallest absolute Gasteiger partial charge is 0.335 e. The van der Waals surface area contributed by atoms with Crippen molar-refractivity contribution in [3.05, 3.63) is 53.3 Å². The van der Waals surface area contributed by atoms with E-state index < -0.39 is 5.97 Å². The molecule has 0 saturated heterocycles. The van der Waals surface area contributed by atoms with Crippen molar-refractivity contribution in [3.8, 4) is 11.4 Å². The van der Waals surface area contributed by atoms with Gasteiger partial charge in [0.05, 0.1) is 22.2 Å². The SMILES string of the molecule is Cc1ccc(F)c(-c2nc3cc(C(=O)O)ccc3n2C)c1. The molecule has 0 atom stereocenters. The molecule has 0 spiro atoms. The maximum absolute atomic E-state index is 14.0. The third-order valence-corrected chi connectivity index (χ3v) is 3.49. The summed E-state index contributed by atoms with van der Waals surface area (Å²) in [5, 5.41) is 9.02. The highest BCUT2D eigenvalue weighted by atomic mass is 19.1. The molecule has 106 valence electrons. The number of fused-ring (bicyclic) bond motifs is 1. The van der Waals surface area contributed by atoms with E-state index in [0.29, 0.717) is 16.9 Å². The number of nitrogens with zero attached hydrogens (tertiary/aromatic N) is 2. The van der Waals surface area contributed by atoms with E-state index in [-0.39, 0.29) is 11.4 Å². The number of halogens is 1. The molecular weight excluding hydrogens is 271 g/mol. The van der Waals surface area contributed by atoms with Crippen LogP contribution in [0.2, 0.25) is 0 Å². The van der Waals surface area contributed by atoms with Crippen molar-refractivity contribution >= 4 is 17.0 Å². The number of aromatic carboxylic acids is 1. The molecule has 21 heavy (non-hydrogen) atoms. The fourth-order valence-electron chi connectivity index (χ4n) is 2.38. The number of imidazole rings is 1. The summed E-state index contributed by atoms with van der Waals surface area (Å²) in [6, 6.07) is 9.53. The van der Waals surface area contributed by atoms with Crippen molar-refractivity contribution in [1.29, 1.82) is 0 Å². The summed E-state index contributed by atoms with van der Waals surface area (Å²) in [5.74, 6) is -0.878. The first kappa shape index (κ1) is 13.3. The van der Waals surface area contributed by atoms with E-state index in [0.717, 1.165) is 11.1 Å². The topological polar surface area (TPSA) is 55.1 Å². The summed E-state index contributed by atoms with van der Waals surface area (Å²) < 4.78 is 15.8. The van der Waals surface area contributed by atoms with Crippen LogP contribution in [0.15, 0.2) is 36.4 Å². The van der Waals surface area contributed by atoms with Gasteiger partial charge in [-0.05, 0) is 37.3 Å². The number of aromatic nitrogens is 2. The van der Waals surface area contributed by atoms with Crippen molar-refractivity contribution in [1.82, 2.24) is 9.55 Å². The molecule has 0 unspecified atom stereocenters. The molecule has 1 N–H and O–H groups in total. The van der Waals surface area contributed by atoms with Crippen LogP contribution in [0, 0.1) is 12.7 Å². The van der Waals surface area contributed by atoms with E-state index in [1.54, 1.807) is 29.8 Å². The lowest BCUT2D eigenvalue weighted by atomic mass is 10.1. The van der Waals surface area contributed by atoms with E-state index in [2.05, 4.69) is 4.98 Å². The number of hydrogen-bond donors (Lipinski definition) is 1. The van der Waals surface area contributed by atoms with Gasteiger partial charge in [0.15, 0.2) is 0 Å². The standard InChI is InChI=1S/C16H13FN2O2/c1-9-3-5-12(17)11(7-9)15-18-13-8-10(16(20)21)4-6-14(13)19(15)2/h3-8H,1-2H3,(H,20,21). The van der Waals surface area contributed by atoms with E-state index >= 15 is 0 Å². The second-order valence-corrected chi connectivity index (χ2v) is 4.99. The molecule has 0 aliphatic rings. The first-order valence-corrected chi connectivity index (χ1v) is 6.43. The van der Waals surface area contributed by atoms with Crippen molar-refractivity contribution < 1.29 is 14.3 Å². The molecule has 3 aromatic rings. The first-order chi connectivity index (χ1) is 9.97. The Balaban J connectivity index is 2.26. The molecule has 0 saturated carbocycles. The van der Waals surface area contributed by atoms with Gasteiger partial charge in [-0.15, -0.1) is 0 Å². The molecule has 2 aromatic carbocycles. The van der Waals surface area contributed by atoms with Gasteiger partial charge in [-0.25, -0.2) is 14.2 Å². The molecule has 0 aliphatic heterocycles. The average Bonchev–Trinajstić information content (AvgIpc) is 2.78. The highest BCUT2D eigenvalue weighted by Crippen LogP contribution is 2.27. The molecule has 3 rings (SSSR count). The summed E-state index contributed by atoms with van der Waals surface area (Å²) in [6.07, 6.45) is 0. The summed E-state index contributed by atoms with van der Waals surface area (Å²) in [6.45, 7) is 1.88. The number of aryl methyl sites for hydroxylation is 2. The number of hydrogen-bond acceptors (Lipinski definition) is 2. The monoisotopic (exact) mass is 284 g/mol.